The van der Waals surface area contributed by atoms with Crippen molar-refractivity contribution in [3.05, 3.63) is 65.5 Å². The van der Waals surface area contributed by atoms with E-state index >= 15 is 0 Å². The van der Waals surface area contributed by atoms with Gasteiger partial charge in [-0.3, -0.25) is 4.79 Å². The number of rotatable bonds is 3. The Labute approximate surface area is 161 Å². The van der Waals surface area contributed by atoms with E-state index < -0.39 is 0 Å². The summed E-state index contributed by atoms with van der Waals surface area (Å²) in [5.41, 5.74) is 2.79. The molecule has 1 aliphatic rings. The largest absolute Gasteiger partial charge is 0.353 e. The lowest BCUT2D eigenvalue weighted by Gasteiger charge is -2.19. The second-order valence-corrected chi connectivity index (χ2v) is 7.31. The monoisotopic (exact) mass is 382 g/mol. The van der Waals surface area contributed by atoms with E-state index in [0.717, 1.165) is 23.1 Å². The third-order valence-corrected chi connectivity index (χ3v) is 5.38. The average molecular weight is 382 g/mol. The van der Waals surface area contributed by atoms with Gasteiger partial charge >= 0.3 is 0 Å². The molecule has 3 aromatic rings. The summed E-state index contributed by atoms with van der Waals surface area (Å²) in [7, 11) is 0. The van der Waals surface area contributed by atoms with Crippen molar-refractivity contribution in [1.82, 2.24) is 14.3 Å². The predicted octanol–water partition coefficient (Wildman–Crippen LogP) is 4.25. The maximum atomic E-state index is 13.8. The van der Waals surface area contributed by atoms with E-state index in [0.29, 0.717) is 24.0 Å². The minimum Gasteiger partial charge on any atom is -0.353 e. The van der Waals surface area contributed by atoms with Crippen molar-refractivity contribution < 1.29 is 9.18 Å². The molecule has 0 spiro atoms. The zero-order chi connectivity index (χ0) is 18.8. The maximum absolute atomic E-state index is 13.8. The molecule has 27 heavy (non-hydrogen) atoms. The van der Waals surface area contributed by atoms with E-state index in [1.165, 1.54) is 23.7 Å². The van der Waals surface area contributed by atoms with Crippen LogP contribution < -0.4 is 5.32 Å². The van der Waals surface area contributed by atoms with E-state index in [-0.39, 0.29) is 17.8 Å². The Kier molecular flexibility index (Phi) is 4.85. The van der Waals surface area contributed by atoms with Gasteiger partial charge in [-0.05, 0) is 29.7 Å². The summed E-state index contributed by atoms with van der Waals surface area (Å²) in [4.78, 5) is 18.2. The fourth-order valence-corrected chi connectivity index (χ4v) is 3.97. The van der Waals surface area contributed by atoms with Crippen LogP contribution in [0.25, 0.3) is 11.4 Å². The molecule has 0 saturated carbocycles. The molecule has 138 valence electrons. The predicted molar refractivity (Wildman–Crippen MR) is 104 cm³/mol. The van der Waals surface area contributed by atoms with Crippen LogP contribution in [0.2, 0.25) is 0 Å². The minimum absolute atomic E-state index is 0.00635. The first kappa shape index (κ1) is 17.6. The lowest BCUT2D eigenvalue weighted by molar-refractivity contribution is -0.129. The van der Waals surface area contributed by atoms with Gasteiger partial charge in [0, 0.05) is 37.1 Å². The molecule has 5 nitrogen and oxygen atoms in total. The molecule has 0 fully saturated rings. The van der Waals surface area contributed by atoms with Crippen LogP contribution >= 0.6 is 11.5 Å². The summed E-state index contributed by atoms with van der Waals surface area (Å²) in [6, 6.07) is 14.5. The number of aromatic nitrogens is 2. The van der Waals surface area contributed by atoms with Crippen LogP contribution in [0.4, 0.5) is 9.52 Å². The molecule has 1 aromatic heterocycles. The molecule has 0 bridgehead atoms. The molecule has 1 atom stereocenters. The third-order valence-electron chi connectivity index (χ3n) is 4.73. The first-order chi connectivity index (χ1) is 13.1. The molecule has 0 aliphatic carbocycles. The van der Waals surface area contributed by atoms with Crippen LogP contribution in [-0.4, -0.2) is 26.7 Å². The first-order valence-electron chi connectivity index (χ1n) is 8.79. The number of fused-ring (bicyclic) bond motifs is 1. The van der Waals surface area contributed by atoms with Crippen molar-refractivity contribution in [2.24, 2.45) is 0 Å². The van der Waals surface area contributed by atoms with Gasteiger partial charge in [0.15, 0.2) is 5.82 Å². The number of hydrogen-bond donors (Lipinski definition) is 1. The highest BCUT2D eigenvalue weighted by atomic mass is 32.1. The number of carbonyl (C=O) groups is 1. The summed E-state index contributed by atoms with van der Waals surface area (Å²) in [5, 5.41) is 4.14. The number of nitrogens with one attached hydrogen (secondary N) is 1. The number of hydrogen-bond acceptors (Lipinski definition) is 5. The number of amides is 1. The molecule has 7 heteroatoms. The standard InChI is InChI=1S/C20H19FN4OS/c1-13(26)25-10-9-18(17-8-7-16(21)11-15(17)12-25)22-20-23-19(24-27-20)14-5-3-2-4-6-14/h2-8,11,18H,9-10,12H2,1H3,(H,22,23,24). The lowest BCUT2D eigenvalue weighted by atomic mass is 9.99. The average Bonchev–Trinajstić information content (AvgIpc) is 3.05. The normalized spacial score (nSPS) is 16.5. The van der Waals surface area contributed by atoms with Crippen LogP contribution in [0.3, 0.4) is 0 Å². The second-order valence-electron chi connectivity index (χ2n) is 6.56. The summed E-state index contributed by atoms with van der Waals surface area (Å²) in [5.74, 6) is 0.384. The summed E-state index contributed by atoms with van der Waals surface area (Å²) in [6.07, 6.45) is 0.721. The van der Waals surface area contributed by atoms with Crippen molar-refractivity contribution >= 4 is 22.6 Å². The highest BCUT2D eigenvalue weighted by Crippen LogP contribution is 2.32. The Morgan fingerprint density at radius 2 is 2.07 bits per heavy atom. The number of carbonyl (C=O) groups excluding carboxylic acids is 1. The second kappa shape index (κ2) is 7.44. The molecule has 1 aliphatic heterocycles. The van der Waals surface area contributed by atoms with Gasteiger partial charge in [0.1, 0.15) is 5.82 Å². The summed E-state index contributed by atoms with van der Waals surface area (Å²) in [6.45, 7) is 2.57. The number of anilines is 1. The molecule has 2 heterocycles. The van der Waals surface area contributed by atoms with E-state index in [4.69, 9.17) is 0 Å². The Morgan fingerprint density at radius 1 is 1.26 bits per heavy atom. The van der Waals surface area contributed by atoms with Crippen LogP contribution in [0.15, 0.2) is 48.5 Å². The molecular weight excluding hydrogens is 363 g/mol. The minimum atomic E-state index is -0.291. The van der Waals surface area contributed by atoms with Gasteiger partial charge in [-0.2, -0.15) is 9.36 Å². The van der Waals surface area contributed by atoms with Crippen molar-refractivity contribution in [3.63, 3.8) is 0 Å². The number of nitrogens with zero attached hydrogens (tertiary/aromatic N) is 3. The molecular formula is C20H19FN4OS. The number of benzene rings is 2. The topological polar surface area (TPSA) is 58.1 Å². The fourth-order valence-electron chi connectivity index (χ4n) is 3.33. The van der Waals surface area contributed by atoms with Gasteiger partial charge in [0.05, 0.1) is 6.04 Å². The fraction of sp³-hybridized carbons (Fsp3) is 0.250. The van der Waals surface area contributed by atoms with Crippen LogP contribution in [-0.2, 0) is 11.3 Å². The third kappa shape index (κ3) is 3.83. The molecule has 0 saturated heterocycles. The molecule has 1 amide bonds. The van der Waals surface area contributed by atoms with E-state index in [1.54, 1.807) is 17.9 Å². The molecule has 0 radical (unpaired) electrons. The SMILES string of the molecule is CC(=O)N1CCC(Nc2nc(-c3ccccc3)ns2)c2ccc(F)cc2C1. The Hall–Kier alpha value is -2.80. The smallest absolute Gasteiger partial charge is 0.219 e. The highest BCUT2D eigenvalue weighted by molar-refractivity contribution is 7.09. The zero-order valence-electron chi connectivity index (χ0n) is 14.9. The Balaban J connectivity index is 1.61. The van der Waals surface area contributed by atoms with Crippen molar-refractivity contribution in [1.29, 1.82) is 0 Å². The van der Waals surface area contributed by atoms with Crippen LogP contribution in [0.1, 0.15) is 30.5 Å². The molecule has 1 unspecified atom stereocenters. The van der Waals surface area contributed by atoms with E-state index in [9.17, 15) is 9.18 Å². The van der Waals surface area contributed by atoms with E-state index in [2.05, 4.69) is 14.7 Å². The quantitative estimate of drug-likeness (QED) is 0.736. The van der Waals surface area contributed by atoms with Gasteiger partial charge in [-0.15, -0.1) is 0 Å². The number of halogens is 1. The van der Waals surface area contributed by atoms with Crippen molar-refractivity contribution in [2.45, 2.75) is 25.9 Å². The van der Waals surface area contributed by atoms with Gasteiger partial charge < -0.3 is 10.2 Å². The van der Waals surface area contributed by atoms with Crippen LogP contribution in [0.5, 0.6) is 0 Å². The van der Waals surface area contributed by atoms with Gasteiger partial charge in [-0.25, -0.2) is 4.39 Å². The molecule has 2 aromatic carbocycles. The van der Waals surface area contributed by atoms with Gasteiger partial charge in [0.2, 0.25) is 11.0 Å². The highest BCUT2D eigenvalue weighted by Gasteiger charge is 2.25. The molecule has 4 rings (SSSR count). The Bertz CT molecular complexity index is 960. The van der Waals surface area contributed by atoms with E-state index in [1.807, 2.05) is 30.3 Å². The van der Waals surface area contributed by atoms with Gasteiger partial charge in [-0.1, -0.05) is 36.4 Å². The van der Waals surface area contributed by atoms with Crippen molar-refractivity contribution in [3.8, 4) is 11.4 Å². The van der Waals surface area contributed by atoms with Gasteiger partial charge in [0.25, 0.3) is 0 Å². The first-order valence-corrected chi connectivity index (χ1v) is 9.57. The lowest BCUT2D eigenvalue weighted by Crippen LogP contribution is -2.28. The Morgan fingerprint density at radius 3 is 2.85 bits per heavy atom. The zero-order valence-corrected chi connectivity index (χ0v) is 15.7. The summed E-state index contributed by atoms with van der Waals surface area (Å²) < 4.78 is 18.2. The molecule has 1 N–H and O–H groups in total. The van der Waals surface area contributed by atoms with Crippen molar-refractivity contribution in [2.75, 3.05) is 11.9 Å². The summed E-state index contributed by atoms with van der Waals surface area (Å²) >= 11 is 1.30. The maximum Gasteiger partial charge on any atom is 0.219 e. The van der Waals surface area contributed by atoms with Crippen LogP contribution in [0, 0.1) is 5.82 Å².